The molecule has 5 heteroatoms. The van der Waals surface area contributed by atoms with E-state index < -0.39 is 11.4 Å². The Bertz CT molecular complexity index is 638. The highest BCUT2D eigenvalue weighted by atomic mass is 16.5. The van der Waals surface area contributed by atoms with E-state index in [-0.39, 0.29) is 11.7 Å². The van der Waals surface area contributed by atoms with Crippen LogP contribution in [0.25, 0.3) is 11.5 Å². The van der Waals surface area contributed by atoms with Crippen molar-refractivity contribution in [2.45, 2.75) is 26.2 Å². The summed E-state index contributed by atoms with van der Waals surface area (Å²) in [5.74, 6) is -0.405. The van der Waals surface area contributed by atoms with E-state index in [1.54, 1.807) is 19.2 Å². The molecule has 0 aliphatic heterocycles. The number of methoxy groups -OCH3 is 1. The maximum atomic E-state index is 11.3. The fourth-order valence-corrected chi connectivity index (χ4v) is 1.91. The van der Waals surface area contributed by atoms with Gasteiger partial charge in [-0.25, -0.2) is 9.78 Å². The molecule has 1 aromatic carbocycles. The smallest absolute Gasteiger partial charge is 0.373 e. The zero-order valence-electron chi connectivity index (χ0n) is 11.9. The van der Waals surface area contributed by atoms with Crippen molar-refractivity contribution >= 4 is 5.97 Å². The van der Waals surface area contributed by atoms with Crippen molar-refractivity contribution < 1.29 is 19.1 Å². The highest BCUT2D eigenvalue weighted by Gasteiger charge is 2.29. The van der Waals surface area contributed by atoms with Gasteiger partial charge in [0.1, 0.15) is 11.4 Å². The van der Waals surface area contributed by atoms with Crippen molar-refractivity contribution in [1.29, 1.82) is 0 Å². The Morgan fingerprint density at radius 1 is 1.30 bits per heavy atom. The van der Waals surface area contributed by atoms with Crippen molar-refractivity contribution in [3.63, 3.8) is 0 Å². The van der Waals surface area contributed by atoms with Gasteiger partial charge in [-0.2, -0.15) is 0 Å². The predicted molar refractivity (Wildman–Crippen MR) is 74.2 cm³/mol. The number of hydrogen-bond donors (Lipinski definition) is 1. The summed E-state index contributed by atoms with van der Waals surface area (Å²) >= 11 is 0. The lowest BCUT2D eigenvalue weighted by molar-refractivity contribution is 0.0659. The second kappa shape index (κ2) is 5.00. The van der Waals surface area contributed by atoms with Crippen molar-refractivity contribution in [2.24, 2.45) is 0 Å². The number of carbonyl (C=O) groups is 1. The van der Waals surface area contributed by atoms with Gasteiger partial charge >= 0.3 is 5.97 Å². The van der Waals surface area contributed by atoms with Gasteiger partial charge in [0.05, 0.1) is 12.7 Å². The Kier molecular flexibility index (Phi) is 3.53. The average Bonchev–Trinajstić information content (AvgIpc) is 2.83. The van der Waals surface area contributed by atoms with Crippen LogP contribution in [0, 0.1) is 0 Å². The number of para-hydroxylation sites is 1. The first kappa shape index (κ1) is 14.1. The third-order valence-corrected chi connectivity index (χ3v) is 2.87. The average molecular weight is 275 g/mol. The molecule has 0 spiro atoms. The number of carboxylic acids is 1. The minimum Gasteiger partial charge on any atom is -0.496 e. The van der Waals surface area contributed by atoms with E-state index in [2.05, 4.69) is 4.98 Å². The minimum atomic E-state index is -1.12. The fraction of sp³-hybridized carbons (Fsp3) is 0.333. The van der Waals surface area contributed by atoms with Gasteiger partial charge in [-0.3, -0.25) is 0 Å². The molecule has 0 aliphatic carbocycles. The van der Waals surface area contributed by atoms with Crippen LogP contribution in [0.15, 0.2) is 28.7 Å². The fourth-order valence-electron chi connectivity index (χ4n) is 1.91. The minimum absolute atomic E-state index is 0.126. The number of hydrogen-bond acceptors (Lipinski definition) is 4. The molecule has 20 heavy (non-hydrogen) atoms. The Hall–Kier alpha value is -2.30. The third-order valence-electron chi connectivity index (χ3n) is 2.87. The van der Waals surface area contributed by atoms with E-state index in [0.717, 1.165) is 0 Å². The summed E-state index contributed by atoms with van der Waals surface area (Å²) < 4.78 is 10.7. The van der Waals surface area contributed by atoms with Gasteiger partial charge in [0, 0.05) is 5.41 Å². The molecule has 0 unspecified atom stereocenters. The molecule has 0 aliphatic rings. The van der Waals surface area contributed by atoms with Gasteiger partial charge in [-0.15, -0.1) is 0 Å². The first-order valence-electron chi connectivity index (χ1n) is 6.22. The number of aromatic nitrogens is 1. The highest BCUT2D eigenvalue weighted by Crippen LogP contribution is 2.34. The molecule has 0 fully saturated rings. The van der Waals surface area contributed by atoms with Crippen LogP contribution in [0.4, 0.5) is 0 Å². The summed E-state index contributed by atoms with van der Waals surface area (Å²) in [4.78, 5) is 15.7. The van der Waals surface area contributed by atoms with Crippen LogP contribution >= 0.6 is 0 Å². The van der Waals surface area contributed by atoms with Gasteiger partial charge in [0.15, 0.2) is 0 Å². The zero-order valence-corrected chi connectivity index (χ0v) is 11.9. The predicted octanol–water partition coefficient (Wildman–Crippen LogP) is 3.35. The standard InChI is InChI=1S/C15H17NO4/c1-15(2,3)12-11(14(17)18)20-13(16-12)9-7-5-6-8-10(9)19-4/h5-8H,1-4H3,(H,17,18). The summed E-state index contributed by atoms with van der Waals surface area (Å²) in [7, 11) is 1.55. The Labute approximate surface area is 117 Å². The number of aromatic carboxylic acids is 1. The van der Waals surface area contributed by atoms with Crippen LogP contribution in [-0.4, -0.2) is 23.2 Å². The second-order valence-electron chi connectivity index (χ2n) is 5.45. The van der Waals surface area contributed by atoms with Crippen LogP contribution in [0.5, 0.6) is 5.75 Å². The van der Waals surface area contributed by atoms with E-state index in [0.29, 0.717) is 17.0 Å². The first-order chi connectivity index (χ1) is 9.34. The number of oxazole rings is 1. The first-order valence-corrected chi connectivity index (χ1v) is 6.22. The molecule has 106 valence electrons. The molecule has 5 nitrogen and oxygen atoms in total. The normalized spacial score (nSPS) is 11.4. The molecule has 0 radical (unpaired) electrons. The van der Waals surface area contributed by atoms with Crippen molar-refractivity contribution in [2.75, 3.05) is 7.11 Å². The van der Waals surface area contributed by atoms with Crippen LogP contribution < -0.4 is 4.74 Å². The number of ether oxygens (including phenoxy) is 1. The lowest BCUT2D eigenvalue weighted by atomic mass is 9.91. The van der Waals surface area contributed by atoms with E-state index >= 15 is 0 Å². The molecule has 1 N–H and O–H groups in total. The van der Waals surface area contributed by atoms with Crippen molar-refractivity contribution in [3.8, 4) is 17.2 Å². The molecule has 2 rings (SSSR count). The lowest BCUT2D eigenvalue weighted by Gasteiger charge is -2.14. The third kappa shape index (κ3) is 2.52. The van der Waals surface area contributed by atoms with Crippen LogP contribution in [0.3, 0.4) is 0 Å². The molecule has 0 atom stereocenters. The maximum absolute atomic E-state index is 11.3. The lowest BCUT2D eigenvalue weighted by Crippen LogP contribution is -2.16. The molecule has 1 aromatic heterocycles. The van der Waals surface area contributed by atoms with E-state index in [9.17, 15) is 9.90 Å². The number of carboxylic acid groups (broad SMARTS) is 1. The monoisotopic (exact) mass is 275 g/mol. The van der Waals surface area contributed by atoms with Gasteiger partial charge in [0.2, 0.25) is 11.7 Å². The zero-order chi connectivity index (χ0) is 14.9. The van der Waals surface area contributed by atoms with Gasteiger partial charge in [-0.1, -0.05) is 32.9 Å². The molecule has 0 amide bonds. The summed E-state index contributed by atoms with van der Waals surface area (Å²) in [6.45, 7) is 5.68. The van der Waals surface area contributed by atoms with Gasteiger partial charge < -0.3 is 14.3 Å². The Morgan fingerprint density at radius 2 is 1.95 bits per heavy atom. The van der Waals surface area contributed by atoms with Crippen LogP contribution in [-0.2, 0) is 5.41 Å². The largest absolute Gasteiger partial charge is 0.496 e. The summed E-state index contributed by atoms with van der Waals surface area (Å²) in [6, 6.07) is 7.20. The van der Waals surface area contributed by atoms with E-state index in [4.69, 9.17) is 9.15 Å². The van der Waals surface area contributed by atoms with Gasteiger partial charge in [-0.05, 0) is 12.1 Å². The Balaban J connectivity index is 2.62. The second-order valence-corrected chi connectivity index (χ2v) is 5.45. The summed E-state index contributed by atoms with van der Waals surface area (Å²) in [6.07, 6.45) is 0. The number of rotatable bonds is 3. The molecule has 2 aromatic rings. The van der Waals surface area contributed by atoms with Gasteiger partial charge in [0.25, 0.3) is 0 Å². The highest BCUT2D eigenvalue weighted by molar-refractivity contribution is 5.86. The van der Waals surface area contributed by atoms with Crippen LogP contribution in [0.2, 0.25) is 0 Å². The summed E-state index contributed by atoms with van der Waals surface area (Å²) in [5, 5.41) is 9.25. The van der Waals surface area contributed by atoms with E-state index in [1.807, 2.05) is 32.9 Å². The molecular weight excluding hydrogens is 258 g/mol. The molecular formula is C15H17NO4. The number of nitrogens with zero attached hydrogens (tertiary/aromatic N) is 1. The number of benzene rings is 1. The quantitative estimate of drug-likeness (QED) is 0.930. The van der Waals surface area contributed by atoms with Crippen LogP contribution in [0.1, 0.15) is 37.0 Å². The molecule has 0 bridgehead atoms. The molecule has 0 saturated heterocycles. The Morgan fingerprint density at radius 3 is 2.45 bits per heavy atom. The summed E-state index contributed by atoms with van der Waals surface area (Å²) in [5.41, 5.74) is 0.635. The SMILES string of the molecule is COc1ccccc1-c1nc(C(C)(C)C)c(C(=O)O)o1. The molecule has 0 saturated carbocycles. The van der Waals surface area contributed by atoms with Crippen molar-refractivity contribution in [3.05, 3.63) is 35.7 Å². The van der Waals surface area contributed by atoms with E-state index in [1.165, 1.54) is 0 Å². The topological polar surface area (TPSA) is 72.6 Å². The maximum Gasteiger partial charge on any atom is 0.373 e. The van der Waals surface area contributed by atoms with Crippen molar-refractivity contribution in [1.82, 2.24) is 4.98 Å². The molecule has 1 heterocycles.